The van der Waals surface area contributed by atoms with Gasteiger partial charge in [0.05, 0.1) is 0 Å². The predicted octanol–water partition coefficient (Wildman–Crippen LogP) is 9.68. The lowest BCUT2D eigenvalue weighted by Crippen LogP contribution is -2.25. The molecule has 9 aromatic carbocycles. The molecule has 0 spiro atoms. The average Bonchev–Trinajstić information content (AvgIpc) is 3.06. The van der Waals surface area contributed by atoms with E-state index in [0.717, 1.165) is 26.7 Å². The van der Waals surface area contributed by atoms with Gasteiger partial charge in [-0.3, -0.25) is 0 Å². The van der Waals surface area contributed by atoms with Crippen molar-refractivity contribution in [2.45, 2.75) is 0 Å². The largest absolute Gasteiger partial charge is 0.309 e. The van der Waals surface area contributed by atoms with E-state index >= 15 is 4.57 Å². The van der Waals surface area contributed by atoms with Gasteiger partial charge in [0.15, 0.2) is 7.14 Å². The van der Waals surface area contributed by atoms with Crippen molar-refractivity contribution in [3.8, 4) is 0 Å². The molecule has 0 bridgehead atoms. The number of hydrogen-bond acceptors (Lipinski definition) is 1. The molecule has 42 heavy (non-hydrogen) atoms. The first-order valence-corrected chi connectivity index (χ1v) is 16.1. The van der Waals surface area contributed by atoms with Gasteiger partial charge in [0, 0.05) is 15.9 Å². The molecule has 0 aliphatic carbocycles. The maximum Gasteiger partial charge on any atom is 0.171 e. The van der Waals surface area contributed by atoms with E-state index in [1.165, 1.54) is 53.9 Å². The van der Waals surface area contributed by atoms with Crippen molar-refractivity contribution in [3.05, 3.63) is 152 Å². The molecule has 0 amide bonds. The standard InChI is InChI=1S/C40H25OP/c41-42(30-13-3-1-4-14-30,31-15-5-2-6-16-31)32-24-29-23-22-28-11-8-18-34-33-17-7-10-26-20-21-27-12-9-19-35(39(27)37(26)33)36(25-32)40(29)38(28)34/h1-25H. The Morgan fingerprint density at radius 2 is 0.714 bits per heavy atom. The summed E-state index contributed by atoms with van der Waals surface area (Å²) in [5, 5.41) is 17.2. The second kappa shape index (κ2) is 8.76. The van der Waals surface area contributed by atoms with Gasteiger partial charge in [-0.1, -0.05) is 140 Å². The Morgan fingerprint density at radius 1 is 0.310 bits per heavy atom. The summed E-state index contributed by atoms with van der Waals surface area (Å²) in [5.41, 5.74) is 0. The summed E-state index contributed by atoms with van der Waals surface area (Å²) in [6.07, 6.45) is 0. The van der Waals surface area contributed by atoms with Crippen LogP contribution in [-0.4, -0.2) is 0 Å². The van der Waals surface area contributed by atoms with E-state index in [1.807, 2.05) is 60.7 Å². The highest BCUT2D eigenvalue weighted by atomic mass is 31.2. The molecular formula is C40H25OP. The minimum Gasteiger partial charge on any atom is -0.309 e. The van der Waals surface area contributed by atoms with Gasteiger partial charge in [-0.25, -0.2) is 0 Å². The fraction of sp³-hybridized carbons (Fsp3) is 0. The predicted molar refractivity (Wildman–Crippen MR) is 182 cm³/mol. The maximum absolute atomic E-state index is 15.6. The molecule has 9 aromatic rings. The van der Waals surface area contributed by atoms with E-state index in [4.69, 9.17) is 0 Å². The number of benzene rings is 8. The third kappa shape index (κ3) is 3.18. The Bertz CT molecular complexity index is 2480. The van der Waals surface area contributed by atoms with E-state index in [1.54, 1.807) is 0 Å². The number of rotatable bonds is 3. The summed E-state index contributed by atoms with van der Waals surface area (Å²) in [4.78, 5) is 0. The molecule has 0 heterocycles. The van der Waals surface area contributed by atoms with Crippen LogP contribution in [0.3, 0.4) is 0 Å². The molecular weight excluding hydrogens is 527 g/mol. The third-order valence-corrected chi connectivity index (χ3v) is 12.0. The minimum atomic E-state index is -3.19. The SMILES string of the molecule is O=P(c1ccccc1)(c1ccccc1)c1cc2ccc3cccc4c5cccc6ccc7cccc(c(c1)c2c34)c7c65. The van der Waals surface area contributed by atoms with Gasteiger partial charge in [-0.05, 0) is 76.8 Å². The second-order valence-electron chi connectivity index (χ2n) is 11.2. The summed E-state index contributed by atoms with van der Waals surface area (Å²) < 4.78 is 15.6. The number of fused-ring (bicyclic) bond motifs is 2. The van der Waals surface area contributed by atoms with Crippen LogP contribution >= 0.6 is 7.14 Å². The van der Waals surface area contributed by atoms with Gasteiger partial charge in [-0.15, -0.1) is 0 Å². The highest BCUT2D eigenvalue weighted by molar-refractivity contribution is 7.85. The molecule has 0 atom stereocenters. The van der Waals surface area contributed by atoms with Crippen LogP contribution in [0.1, 0.15) is 0 Å². The Morgan fingerprint density at radius 3 is 1.19 bits per heavy atom. The lowest BCUT2D eigenvalue weighted by atomic mass is 9.88. The van der Waals surface area contributed by atoms with Crippen LogP contribution in [0.4, 0.5) is 0 Å². The summed E-state index contributed by atoms with van der Waals surface area (Å²) in [7, 11) is -3.19. The zero-order chi connectivity index (χ0) is 27.8. The molecule has 0 aliphatic rings. The van der Waals surface area contributed by atoms with Gasteiger partial charge in [0.1, 0.15) is 0 Å². The minimum absolute atomic E-state index is 0.848. The van der Waals surface area contributed by atoms with Crippen molar-refractivity contribution >= 4 is 87.7 Å². The van der Waals surface area contributed by atoms with Crippen molar-refractivity contribution in [3.63, 3.8) is 0 Å². The second-order valence-corrected chi connectivity index (χ2v) is 14.0. The van der Waals surface area contributed by atoms with E-state index in [9.17, 15) is 0 Å². The Hall–Kier alpha value is -4.97. The van der Waals surface area contributed by atoms with Crippen molar-refractivity contribution < 1.29 is 4.57 Å². The normalized spacial score (nSPS) is 12.4. The Balaban J connectivity index is 1.58. The van der Waals surface area contributed by atoms with Crippen molar-refractivity contribution in [2.24, 2.45) is 0 Å². The highest BCUT2D eigenvalue weighted by Gasteiger charge is 2.30. The summed E-state index contributed by atoms with van der Waals surface area (Å²) >= 11 is 0. The van der Waals surface area contributed by atoms with Gasteiger partial charge < -0.3 is 4.57 Å². The van der Waals surface area contributed by atoms with Crippen LogP contribution in [0.2, 0.25) is 0 Å². The monoisotopic (exact) mass is 552 g/mol. The fourth-order valence-corrected chi connectivity index (χ4v) is 9.88. The Labute approximate surface area is 243 Å². The lowest BCUT2D eigenvalue weighted by molar-refractivity contribution is 0.592. The smallest absolute Gasteiger partial charge is 0.171 e. The first-order valence-electron chi connectivity index (χ1n) is 14.4. The first-order chi connectivity index (χ1) is 20.7. The van der Waals surface area contributed by atoms with E-state index in [2.05, 4.69) is 91.0 Å². The summed E-state index contributed by atoms with van der Waals surface area (Å²) in [6.45, 7) is 0. The van der Waals surface area contributed by atoms with Gasteiger partial charge in [0.25, 0.3) is 0 Å². The van der Waals surface area contributed by atoms with Gasteiger partial charge >= 0.3 is 0 Å². The molecule has 0 unspecified atom stereocenters. The van der Waals surface area contributed by atoms with Crippen LogP contribution in [0.25, 0.3) is 64.6 Å². The highest BCUT2D eigenvalue weighted by Crippen LogP contribution is 2.47. The van der Waals surface area contributed by atoms with Crippen LogP contribution in [0, 0.1) is 0 Å². The lowest BCUT2D eigenvalue weighted by Gasteiger charge is -2.22. The number of hydrogen-bond donors (Lipinski definition) is 0. The fourth-order valence-electron chi connectivity index (χ4n) is 7.17. The summed E-state index contributed by atoms with van der Waals surface area (Å²) in [5.74, 6) is 0. The molecule has 0 aliphatic heterocycles. The molecule has 0 radical (unpaired) electrons. The van der Waals surface area contributed by atoms with Crippen LogP contribution < -0.4 is 15.9 Å². The molecule has 0 aromatic heterocycles. The topological polar surface area (TPSA) is 17.1 Å². The van der Waals surface area contributed by atoms with Crippen molar-refractivity contribution in [1.29, 1.82) is 0 Å². The molecule has 196 valence electrons. The Kier molecular flexibility index (Phi) is 4.95. The van der Waals surface area contributed by atoms with Crippen molar-refractivity contribution in [1.82, 2.24) is 0 Å². The third-order valence-electron chi connectivity index (χ3n) is 9.01. The quantitative estimate of drug-likeness (QED) is 0.158. The molecule has 0 saturated heterocycles. The maximum atomic E-state index is 15.6. The molecule has 1 nitrogen and oxygen atoms in total. The van der Waals surface area contributed by atoms with Crippen LogP contribution in [0.15, 0.2) is 152 Å². The molecule has 0 saturated carbocycles. The van der Waals surface area contributed by atoms with Crippen molar-refractivity contribution in [2.75, 3.05) is 0 Å². The van der Waals surface area contributed by atoms with Crippen LogP contribution in [0.5, 0.6) is 0 Å². The van der Waals surface area contributed by atoms with E-state index < -0.39 is 7.14 Å². The molecule has 0 fully saturated rings. The first kappa shape index (κ1) is 23.7. The van der Waals surface area contributed by atoms with Gasteiger partial charge in [0.2, 0.25) is 0 Å². The zero-order valence-electron chi connectivity index (χ0n) is 22.8. The molecule has 9 rings (SSSR count). The molecule has 2 heteroatoms. The summed E-state index contributed by atoms with van der Waals surface area (Å²) in [6, 6.07) is 53.2. The van der Waals surface area contributed by atoms with Crippen LogP contribution in [-0.2, 0) is 4.57 Å². The van der Waals surface area contributed by atoms with Gasteiger partial charge in [-0.2, -0.15) is 0 Å². The van der Waals surface area contributed by atoms with E-state index in [0.29, 0.717) is 0 Å². The zero-order valence-corrected chi connectivity index (χ0v) is 23.7. The van der Waals surface area contributed by atoms with E-state index in [-0.39, 0.29) is 0 Å². The molecule has 0 N–H and O–H groups in total. The average molecular weight is 553 g/mol.